The lowest BCUT2D eigenvalue weighted by atomic mass is 10.0. The normalized spacial score (nSPS) is 22.2. The molecule has 8 heteroatoms. The molecule has 6 nitrogen and oxygen atoms in total. The molecule has 3 rings (SSSR count). The van der Waals surface area contributed by atoms with Crippen LogP contribution in [0, 0.1) is 11.7 Å². The Morgan fingerprint density at radius 3 is 2.59 bits per heavy atom. The van der Waals surface area contributed by atoms with E-state index in [4.69, 9.17) is 9.47 Å². The predicted octanol–water partition coefficient (Wildman–Crippen LogP) is 2.80. The van der Waals surface area contributed by atoms with Crippen molar-refractivity contribution >= 4 is 29.9 Å². The second kappa shape index (κ2) is 12.7. The molecule has 0 bridgehead atoms. The Morgan fingerprint density at radius 2 is 2.00 bits per heavy atom. The summed E-state index contributed by atoms with van der Waals surface area (Å²) in [5.74, 6) is 1.25. The van der Waals surface area contributed by atoms with Gasteiger partial charge in [0.25, 0.3) is 0 Å². The van der Waals surface area contributed by atoms with Crippen LogP contribution in [0.2, 0.25) is 0 Å². The number of benzene rings is 1. The number of piperidine rings is 1. The van der Waals surface area contributed by atoms with E-state index < -0.39 is 0 Å². The number of likely N-dealkylation sites (tertiary alicyclic amines) is 1. The minimum atomic E-state index is -0.240. The van der Waals surface area contributed by atoms with Gasteiger partial charge in [0.1, 0.15) is 5.82 Å². The molecule has 0 aliphatic carbocycles. The average molecular weight is 520 g/mol. The van der Waals surface area contributed by atoms with Crippen LogP contribution in [0.25, 0.3) is 0 Å². The Hall–Kier alpha value is -0.970. The Kier molecular flexibility index (Phi) is 10.6. The molecule has 164 valence electrons. The fourth-order valence-corrected chi connectivity index (χ4v) is 3.94. The molecule has 2 aliphatic heterocycles. The maximum Gasteiger partial charge on any atom is 0.191 e. The maximum atomic E-state index is 13.1. The fourth-order valence-electron chi connectivity index (χ4n) is 3.94. The van der Waals surface area contributed by atoms with Crippen LogP contribution in [-0.2, 0) is 9.47 Å². The number of methoxy groups -OCH3 is 1. The number of aliphatic imine (C=N–C) groups is 1. The van der Waals surface area contributed by atoms with Gasteiger partial charge in [-0.25, -0.2) is 4.39 Å². The minimum Gasteiger partial charge on any atom is -0.381 e. The molecule has 2 saturated heterocycles. The third kappa shape index (κ3) is 7.66. The zero-order valence-corrected chi connectivity index (χ0v) is 19.7. The fraction of sp³-hybridized carbons (Fsp3) is 0.667. The number of hydrogen-bond donors (Lipinski definition) is 2. The van der Waals surface area contributed by atoms with E-state index in [1.807, 2.05) is 0 Å². The van der Waals surface area contributed by atoms with Gasteiger partial charge in [-0.15, -0.1) is 24.0 Å². The van der Waals surface area contributed by atoms with Gasteiger partial charge in [-0.1, -0.05) is 12.1 Å². The molecule has 2 N–H and O–H groups in total. The summed E-state index contributed by atoms with van der Waals surface area (Å²) < 4.78 is 24.2. The number of halogens is 2. The topological polar surface area (TPSA) is 58.1 Å². The van der Waals surface area contributed by atoms with E-state index in [9.17, 15) is 4.39 Å². The van der Waals surface area contributed by atoms with Crippen LogP contribution >= 0.6 is 24.0 Å². The van der Waals surface area contributed by atoms with Crippen LogP contribution in [0.1, 0.15) is 30.9 Å². The summed E-state index contributed by atoms with van der Waals surface area (Å²) in [6, 6.07) is 6.85. The molecule has 1 aromatic rings. The Morgan fingerprint density at radius 1 is 1.28 bits per heavy atom. The second-order valence-electron chi connectivity index (χ2n) is 7.68. The molecule has 2 aliphatic rings. The molecule has 0 amide bonds. The van der Waals surface area contributed by atoms with Crippen molar-refractivity contribution in [2.75, 3.05) is 53.6 Å². The van der Waals surface area contributed by atoms with Gasteiger partial charge in [-0.05, 0) is 42.9 Å². The van der Waals surface area contributed by atoms with Gasteiger partial charge in [0.2, 0.25) is 0 Å². The van der Waals surface area contributed by atoms with Gasteiger partial charge < -0.3 is 25.0 Å². The van der Waals surface area contributed by atoms with Gasteiger partial charge >= 0.3 is 0 Å². The average Bonchev–Trinajstić information content (AvgIpc) is 3.23. The molecule has 1 aromatic carbocycles. The quantitative estimate of drug-likeness (QED) is 0.329. The first-order valence-electron chi connectivity index (χ1n) is 10.2. The summed E-state index contributed by atoms with van der Waals surface area (Å²) in [4.78, 5) is 6.91. The molecule has 2 unspecified atom stereocenters. The molecule has 0 saturated carbocycles. The summed E-state index contributed by atoms with van der Waals surface area (Å²) in [5, 5.41) is 6.87. The maximum absolute atomic E-state index is 13.1. The highest BCUT2D eigenvalue weighted by Crippen LogP contribution is 2.18. The summed E-state index contributed by atoms with van der Waals surface area (Å²) in [6.45, 7) is 5.80. The van der Waals surface area contributed by atoms with Crippen molar-refractivity contribution in [1.82, 2.24) is 15.5 Å². The number of nitrogens with zero attached hydrogens (tertiary/aromatic N) is 2. The monoisotopic (exact) mass is 520 g/mol. The van der Waals surface area contributed by atoms with Crippen molar-refractivity contribution in [3.05, 3.63) is 35.6 Å². The van der Waals surface area contributed by atoms with E-state index in [2.05, 4.69) is 20.5 Å². The van der Waals surface area contributed by atoms with Crippen LogP contribution in [0.4, 0.5) is 4.39 Å². The Bertz CT molecular complexity index is 618. The predicted molar refractivity (Wildman–Crippen MR) is 124 cm³/mol. The molecule has 2 heterocycles. The summed E-state index contributed by atoms with van der Waals surface area (Å²) in [7, 11) is 3.45. The first kappa shape index (κ1) is 24.3. The van der Waals surface area contributed by atoms with Crippen LogP contribution in [0.5, 0.6) is 0 Å². The number of rotatable bonds is 7. The molecule has 2 fully saturated rings. The van der Waals surface area contributed by atoms with E-state index in [0.29, 0.717) is 18.5 Å². The van der Waals surface area contributed by atoms with Crippen molar-refractivity contribution in [3.8, 4) is 0 Å². The van der Waals surface area contributed by atoms with Crippen molar-refractivity contribution in [2.45, 2.75) is 31.4 Å². The second-order valence-corrected chi connectivity index (χ2v) is 7.68. The SMILES string of the molecule is CN=C(NCC(OC)c1ccc(F)cc1)NC1CCN(CC2CCOC2)CC1.I. The molecule has 0 aromatic heterocycles. The summed E-state index contributed by atoms with van der Waals surface area (Å²) >= 11 is 0. The van der Waals surface area contributed by atoms with Gasteiger partial charge in [0.05, 0.1) is 12.7 Å². The minimum absolute atomic E-state index is 0. The Labute approximate surface area is 190 Å². The lowest BCUT2D eigenvalue weighted by Gasteiger charge is -2.34. The van der Waals surface area contributed by atoms with Gasteiger partial charge in [0, 0.05) is 53.0 Å². The molecular weight excluding hydrogens is 486 g/mol. The molecule has 0 spiro atoms. The molecule has 2 atom stereocenters. The van der Waals surface area contributed by atoms with E-state index in [1.165, 1.54) is 18.6 Å². The highest BCUT2D eigenvalue weighted by Gasteiger charge is 2.24. The lowest BCUT2D eigenvalue weighted by molar-refractivity contribution is 0.106. The van der Waals surface area contributed by atoms with E-state index >= 15 is 0 Å². The molecule has 0 radical (unpaired) electrons. The van der Waals surface area contributed by atoms with Crippen LogP contribution in [0.15, 0.2) is 29.3 Å². The standard InChI is InChI=1S/C21H33FN4O2.HI/c1-23-21(24-13-20(27-2)17-3-5-18(22)6-4-17)25-19-7-10-26(11-8-19)14-16-9-12-28-15-16;/h3-6,16,19-20H,7-15H2,1-2H3,(H2,23,24,25);1H. The zero-order valence-electron chi connectivity index (χ0n) is 17.4. The Balaban J connectivity index is 0.00000300. The van der Waals surface area contributed by atoms with E-state index in [0.717, 1.165) is 57.2 Å². The third-order valence-electron chi connectivity index (χ3n) is 5.67. The lowest BCUT2D eigenvalue weighted by Crippen LogP contribution is -2.49. The van der Waals surface area contributed by atoms with Gasteiger partial charge in [0.15, 0.2) is 5.96 Å². The number of ether oxygens (including phenoxy) is 2. The first-order valence-corrected chi connectivity index (χ1v) is 10.2. The van der Waals surface area contributed by atoms with Crippen LogP contribution in [-0.4, -0.2) is 70.5 Å². The van der Waals surface area contributed by atoms with E-state index in [-0.39, 0.29) is 35.9 Å². The van der Waals surface area contributed by atoms with Crippen LogP contribution < -0.4 is 10.6 Å². The number of hydrogen-bond acceptors (Lipinski definition) is 4. The summed E-state index contributed by atoms with van der Waals surface area (Å²) in [6.07, 6.45) is 3.26. The number of nitrogens with one attached hydrogen (secondary N) is 2. The molecular formula is C21H34FIN4O2. The third-order valence-corrected chi connectivity index (χ3v) is 5.67. The number of guanidine groups is 1. The van der Waals surface area contributed by atoms with Crippen molar-refractivity contribution < 1.29 is 13.9 Å². The largest absolute Gasteiger partial charge is 0.381 e. The van der Waals surface area contributed by atoms with Crippen molar-refractivity contribution in [3.63, 3.8) is 0 Å². The van der Waals surface area contributed by atoms with Crippen molar-refractivity contribution in [2.24, 2.45) is 10.9 Å². The first-order chi connectivity index (χ1) is 13.7. The van der Waals surface area contributed by atoms with Crippen molar-refractivity contribution in [1.29, 1.82) is 0 Å². The smallest absolute Gasteiger partial charge is 0.191 e. The highest BCUT2D eigenvalue weighted by atomic mass is 127. The molecule has 29 heavy (non-hydrogen) atoms. The van der Waals surface area contributed by atoms with Gasteiger partial charge in [-0.3, -0.25) is 4.99 Å². The van der Waals surface area contributed by atoms with Crippen LogP contribution in [0.3, 0.4) is 0 Å². The van der Waals surface area contributed by atoms with E-state index in [1.54, 1.807) is 26.3 Å². The highest BCUT2D eigenvalue weighted by molar-refractivity contribution is 14.0. The summed E-state index contributed by atoms with van der Waals surface area (Å²) in [5.41, 5.74) is 0.941. The van der Waals surface area contributed by atoms with Gasteiger partial charge in [-0.2, -0.15) is 0 Å². The zero-order chi connectivity index (χ0) is 19.8.